The van der Waals surface area contributed by atoms with E-state index >= 15 is 0 Å². The Labute approximate surface area is 121 Å². The standard InChI is InChI=1S/C16H14BrNO/c17-13-7-4-8-14(11-13)18-15(19)16(9-10-16)12-5-2-1-3-6-12/h1-8,11H,9-10H2,(H,18,19). The van der Waals surface area contributed by atoms with E-state index in [0.29, 0.717) is 0 Å². The second-order valence-electron chi connectivity index (χ2n) is 4.91. The number of anilines is 1. The molecule has 96 valence electrons. The van der Waals surface area contributed by atoms with Crippen LogP contribution >= 0.6 is 15.9 Å². The molecule has 1 amide bonds. The number of amides is 1. The predicted octanol–water partition coefficient (Wildman–Crippen LogP) is 4.12. The van der Waals surface area contributed by atoms with Crippen molar-refractivity contribution in [2.45, 2.75) is 18.3 Å². The van der Waals surface area contributed by atoms with Gasteiger partial charge < -0.3 is 5.32 Å². The Bertz CT molecular complexity index is 605. The van der Waals surface area contributed by atoms with Crippen molar-refractivity contribution in [1.29, 1.82) is 0 Å². The number of hydrogen-bond acceptors (Lipinski definition) is 1. The van der Waals surface area contributed by atoms with Gasteiger partial charge in [0.15, 0.2) is 0 Å². The summed E-state index contributed by atoms with van der Waals surface area (Å²) in [6.07, 6.45) is 1.85. The minimum absolute atomic E-state index is 0.0943. The minimum Gasteiger partial charge on any atom is -0.325 e. The third-order valence-corrected chi connectivity index (χ3v) is 4.09. The van der Waals surface area contributed by atoms with Crippen LogP contribution in [-0.4, -0.2) is 5.91 Å². The highest BCUT2D eigenvalue weighted by Crippen LogP contribution is 2.48. The third kappa shape index (κ3) is 2.43. The van der Waals surface area contributed by atoms with Crippen LogP contribution in [0.3, 0.4) is 0 Å². The first-order valence-corrected chi connectivity index (χ1v) is 7.13. The summed E-state index contributed by atoms with van der Waals surface area (Å²) < 4.78 is 0.967. The lowest BCUT2D eigenvalue weighted by Gasteiger charge is -2.15. The van der Waals surface area contributed by atoms with Crippen LogP contribution in [0, 0.1) is 0 Å². The molecular weight excluding hydrogens is 302 g/mol. The number of rotatable bonds is 3. The van der Waals surface area contributed by atoms with E-state index in [9.17, 15) is 4.79 Å². The van der Waals surface area contributed by atoms with Gasteiger partial charge in [0, 0.05) is 10.2 Å². The van der Waals surface area contributed by atoms with E-state index in [-0.39, 0.29) is 11.3 Å². The molecule has 1 fully saturated rings. The molecule has 0 aliphatic heterocycles. The summed E-state index contributed by atoms with van der Waals surface area (Å²) in [6, 6.07) is 17.7. The summed E-state index contributed by atoms with van der Waals surface area (Å²) in [4.78, 5) is 12.5. The molecule has 3 rings (SSSR count). The molecule has 2 aromatic carbocycles. The van der Waals surface area contributed by atoms with E-state index in [2.05, 4.69) is 21.2 Å². The van der Waals surface area contributed by atoms with E-state index < -0.39 is 0 Å². The molecule has 0 atom stereocenters. The molecule has 0 spiro atoms. The van der Waals surface area contributed by atoms with Gasteiger partial charge in [0.25, 0.3) is 0 Å². The van der Waals surface area contributed by atoms with E-state index in [1.807, 2.05) is 54.6 Å². The molecule has 19 heavy (non-hydrogen) atoms. The summed E-state index contributed by atoms with van der Waals surface area (Å²) in [6.45, 7) is 0. The Morgan fingerprint density at radius 1 is 1.05 bits per heavy atom. The summed E-state index contributed by atoms with van der Waals surface area (Å²) in [5.41, 5.74) is 1.63. The zero-order chi connectivity index (χ0) is 13.3. The van der Waals surface area contributed by atoms with Gasteiger partial charge in [-0.1, -0.05) is 52.3 Å². The SMILES string of the molecule is O=C(Nc1cccc(Br)c1)C1(c2ccccc2)CC1. The molecule has 0 aromatic heterocycles. The van der Waals surface area contributed by atoms with Crippen LogP contribution in [0.25, 0.3) is 0 Å². The van der Waals surface area contributed by atoms with Gasteiger partial charge in [-0.3, -0.25) is 4.79 Å². The lowest BCUT2D eigenvalue weighted by Crippen LogP contribution is -2.27. The largest absolute Gasteiger partial charge is 0.325 e. The fraction of sp³-hybridized carbons (Fsp3) is 0.188. The van der Waals surface area contributed by atoms with Crippen LogP contribution in [0.5, 0.6) is 0 Å². The van der Waals surface area contributed by atoms with Crippen molar-refractivity contribution < 1.29 is 4.79 Å². The van der Waals surface area contributed by atoms with Crippen LogP contribution in [0.1, 0.15) is 18.4 Å². The number of carbonyl (C=O) groups is 1. The van der Waals surface area contributed by atoms with Gasteiger partial charge in [0.1, 0.15) is 0 Å². The molecule has 0 heterocycles. The van der Waals surface area contributed by atoms with Crippen LogP contribution in [-0.2, 0) is 10.2 Å². The van der Waals surface area contributed by atoms with Gasteiger partial charge in [-0.05, 0) is 36.6 Å². The van der Waals surface area contributed by atoms with Gasteiger partial charge in [-0.15, -0.1) is 0 Å². The normalized spacial score (nSPS) is 15.8. The van der Waals surface area contributed by atoms with Crippen LogP contribution in [0.2, 0.25) is 0 Å². The Morgan fingerprint density at radius 2 is 1.79 bits per heavy atom. The highest BCUT2D eigenvalue weighted by Gasteiger charge is 2.51. The zero-order valence-corrected chi connectivity index (χ0v) is 12.0. The van der Waals surface area contributed by atoms with Gasteiger partial charge in [-0.2, -0.15) is 0 Å². The molecule has 1 saturated carbocycles. The van der Waals surface area contributed by atoms with Gasteiger partial charge >= 0.3 is 0 Å². The lowest BCUT2D eigenvalue weighted by atomic mass is 9.95. The first kappa shape index (κ1) is 12.4. The number of halogens is 1. The highest BCUT2D eigenvalue weighted by atomic mass is 79.9. The molecule has 0 radical (unpaired) electrons. The number of carbonyl (C=O) groups excluding carboxylic acids is 1. The van der Waals surface area contributed by atoms with Crippen molar-refractivity contribution in [3.05, 3.63) is 64.6 Å². The molecular formula is C16H14BrNO. The summed E-state index contributed by atoms with van der Waals surface area (Å²) in [7, 11) is 0. The van der Waals surface area contributed by atoms with Crippen molar-refractivity contribution >= 4 is 27.5 Å². The first-order valence-electron chi connectivity index (χ1n) is 6.33. The second kappa shape index (κ2) is 4.82. The quantitative estimate of drug-likeness (QED) is 0.907. The fourth-order valence-electron chi connectivity index (χ4n) is 2.35. The smallest absolute Gasteiger partial charge is 0.235 e. The molecule has 1 N–H and O–H groups in total. The Balaban J connectivity index is 1.82. The molecule has 1 aliphatic rings. The summed E-state index contributed by atoms with van der Waals surface area (Å²) >= 11 is 3.41. The van der Waals surface area contributed by atoms with E-state index in [4.69, 9.17) is 0 Å². The molecule has 0 bridgehead atoms. The molecule has 3 heteroatoms. The Hall–Kier alpha value is -1.61. The third-order valence-electron chi connectivity index (χ3n) is 3.59. The van der Waals surface area contributed by atoms with Crippen molar-refractivity contribution in [2.24, 2.45) is 0 Å². The molecule has 2 nitrogen and oxygen atoms in total. The van der Waals surface area contributed by atoms with Crippen LogP contribution in [0.4, 0.5) is 5.69 Å². The maximum atomic E-state index is 12.5. The average molecular weight is 316 g/mol. The van der Waals surface area contributed by atoms with Crippen LogP contribution < -0.4 is 5.32 Å². The molecule has 0 unspecified atom stereocenters. The molecule has 0 saturated heterocycles. The van der Waals surface area contributed by atoms with E-state index in [1.165, 1.54) is 0 Å². The minimum atomic E-state index is -0.316. The highest BCUT2D eigenvalue weighted by molar-refractivity contribution is 9.10. The molecule has 1 aliphatic carbocycles. The van der Waals surface area contributed by atoms with Crippen molar-refractivity contribution in [3.63, 3.8) is 0 Å². The maximum Gasteiger partial charge on any atom is 0.235 e. The Morgan fingerprint density at radius 3 is 2.42 bits per heavy atom. The summed E-state index contributed by atoms with van der Waals surface area (Å²) in [5, 5.41) is 3.02. The van der Waals surface area contributed by atoms with E-state index in [1.54, 1.807) is 0 Å². The monoisotopic (exact) mass is 315 g/mol. The first-order chi connectivity index (χ1) is 9.21. The lowest BCUT2D eigenvalue weighted by molar-refractivity contribution is -0.118. The van der Waals surface area contributed by atoms with Gasteiger partial charge in [-0.25, -0.2) is 0 Å². The predicted molar refractivity (Wildman–Crippen MR) is 80.1 cm³/mol. The Kier molecular flexibility index (Phi) is 3.15. The zero-order valence-electron chi connectivity index (χ0n) is 10.4. The fourth-order valence-corrected chi connectivity index (χ4v) is 2.75. The average Bonchev–Trinajstić information content (AvgIpc) is 3.21. The van der Waals surface area contributed by atoms with Crippen molar-refractivity contribution in [3.8, 4) is 0 Å². The maximum absolute atomic E-state index is 12.5. The number of benzene rings is 2. The van der Waals surface area contributed by atoms with E-state index in [0.717, 1.165) is 28.6 Å². The molecule has 2 aromatic rings. The van der Waals surface area contributed by atoms with Crippen molar-refractivity contribution in [2.75, 3.05) is 5.32 Å². The van der Waals surface area contributed by atoms with Gasteiger partial charge in [0.05, 0.1) is 5.41 Å². The summed E-state index contributed by atoms with van der Waals surface area (Å²) in [5.74, 6) is 0.0943. The number of hydrogen-bond donors (Lipinski definition) is 1. The second-order valence-corrected chi connectivity index (χ2v) is 5.83. The van der Waals surface area contributed by atoms with Crippen molar-refractivity contribution in [1.82, 2.24) is 0 Å². The van der Waals surface area contributed by atoms with Gasteiger partial charge in [0.2, 0.25) is 5.91 Å². The van der Waals surface area contributed by atoms with Crippen LogP contribution in [0.15, 0.2) is 59.1 Å². The number of nitrogens with one attached hydrogen (secondary N) is 1. The topological polar surface area (TPSA) is 29.1 Å².